The van der Waals surface area contributed by atoms with Crippen LogP contribution in [0.5, 0.6) is 0 Å². The Bertz CT molecular complexity index is 372. The van der Waals surface area contributed by atoms with Gasteiger partial charge in [0, 0.05) is 6.21 Å². The first-order valence-corrected chi connectivity index (χ1v) is 6.14. The summed E-state index contributed by atoms with van der Waals surface area (Å²) in [6.45, 7) is 2.03. The van der Waals surface area contributed by atoms with Gasteiger partial charge in [-0.05, 0) is 31.6 Å². The van der Waals surface area contributed by atoms with Crippen molar-refractivity contribution in [3.05, 3.63) is 0 Å². The van der Waals surface area contributed by atoms with E-state index in [4.69, 9.17) is 10.5 Å². The number of nitrogens with one attached hydrogen (secondary N) is 1. The van der Waals surface area contributed by atoms with Gasteiger partial charge in [-0.25, -0.2) is 0 Å². The zero-order valence-electron chi connectivity index (χ0n) is 10.6. The van der Waals surface area contributed by atoms with Crippen molar-refractivity contribution in [3.8, 4) is 0 Å². The molecule has 0 radical (unpaired) electrons. The van der Waals surface area contributed by atoms with E-state index in [-0.39, 0.29) is 6.21 Å². The van der Waals surface area contributed by atoms with Gasteiger partial charge in [0.2, 0.25) is 0 Å². The number of carbonyl (C=O) groups is 1. The molecule has 1 aliphatic rings. The van der Waals surface area contributed by atoms with E-state index >= 15 is 0 Å². The molecule has 0 aromatic carbocycles. The average Bonchev–Trinajstić information content (AvgIpc) is 2.29. The molecular weight excluding hydrogens is 261 g/mol. The maximum absolute atomic E-state index is 12.9. The number of carboxylic acids is 1. The van der Waals surface area contributed by atoms with Gasteiger partial charge in [0.15, 0.2) is 0 Å². The second-order valence-corrected chi connectivity index (χ2v) is 4.91. The van der Waals surface area contributed by atoms with Crippen molar-refractivity contribution in [2.24, 2.45) is 16.8 Å². The Hall–Kier alpha value is -1.40. The first-order chi connectivity index (χ1) is 8.75. The minimum atomic E-state index is -4.82. The molecule has 19 heavy (non-hydrogen) atoms. The van der Waals surface area contributed by atoms with Crippen LogP contribution in [-0.2, 0) is 4.79 Å². The van der Waals surface area contributed by atoms with Crippen molar-refractivity contribution in [1.29, 1.82) is 5.41 Å². The molecule has 1 saturated carbocycles. The van der Waals surface area contributed by atoms with E-state index in [0.717, 1.165) is 12.8 Å². The zero-order chi connectivity index (χ0) is 14.6. The number of hydrogen-bond acceptors (Lipinski definition) is 3. The molecule has 0 bridgehead atoms. The number of aliphatic imine (C=N–C) groups is 1. The minimum absolute atomic E-state index is 0.278. The lowest BCUT2D eigenvalue weighted by molar-refractivity contribution is -0.138. The molecule has 0 spiro atoms. The summed E-state index contributed by atoms with van der Waals surface area (Å²) in [7, 11) is 0. The van der Waals surface area contributed by atoms with Gasteiger partial charge < -0.3 is 10.5 Å². The van der Waals surface area contributed by atoms with E-state index in [1.165, 1.54) is 0 Å². The lowest BCUT2D eigenvalue weighted by Gasteiger charge is -2.25. The maximum Gasteiger partial charge on any atom is 0.430 e. The Balaban J connectivity index is 2.97. The van der Waals surface area contributed by atoms with E-state index in [2.05, 4.69) is 4.99 Å². The molecule has 1 fully saturated rings. The predicted octanol–water partition coefficient (Wildman–Crippen LogP) is 2.92. The molecule has 1 unspecified atom stereocenters. The van der Waals surface area contributed by atoms with Crippen molar-refractivity contribution >= 4 is 17.9 Å². The van der Waals surface area contributed by atoms with Crippen LogP contribution in [0.15, 0.2) is 4.99 Å². The van der Waals surface area contributed by atoms with Crippen molar-refractivity contribution in [3.63, 3.8) is 0 Å². The summed E-state index contributed by atoms with van der Waals surface area (Å²) in [5, 5.41) is 15.6. The van der Waals surface area contributed by atoms with Crippen molar-refractivity contribution in [2.45, 2.75) is 44.8 Å². The van der Waals surface area contributed by atoms with E-state index in [9.17, 15) is 18.0 Å². The molecule has 0 saturated heterocycles. The Morgan fingerprint density at radius 3 is 2.26 bits per heavy atom. The van der Waals surface area contributed by atoms with Crippen LogP contribution >= 0.6 is 0 Å². The molecule has 2 N–H and O–H groups in total. The van der Waals surface area contributed by atoms with Gasteiger partial charge in [-0.3, -0.25) is 9.79 Å². The van der Waals surface area contributed by atoms with Gasteiger partial charge in [0.25, 0.3) is 0 Å². The predicted molar refractivity (Wildman–Crippen MR) is 64.8 cm³/mol. The number of halogens is 3. The molecule has 0 aromatic rings. The summed E-state index contributed by atoms with van der Waals surface area (Å²) in [5.41, 5.74) is -1.37. The first kappa shape index (κ1) is 15.7. The highest BCUT2D eigenvalue weighted by Gasteiger charge is 2.43. The third kappa shape index (κ3) is 4.33. The highest BCUT2D eigenvalue weighted by Crippen LogP contribution is 2.29. The average molecular weight is 278 g/mol. The standard InChI is InChI=1S/C12H17F3N2O2/c1-7-2-4-8(5-3-7)17-10(12(13,14)15)9(6-16)11(18)19/h6-9,16H,2-5H2,1H3,(H,18,19). The van der Waals surface area contributed by atoms with E-state index < -0.39 is 29.8 Å². The molecule has 0 aromatic heterocycles. The van der Waals surface area contributed by atoms with E-state index in [1.54, 1.807) is 0 Å². The van der Waals surface area contributed by atoms with Crippen molar-refractivity contribution < 1.29 is 23.1 Å². The molecule has 7 heteroatoms. The second-order valence-electron chi connectivity index (χ2n) is 4.91. The summed E-state index contributed by atoms with van der Waals surface area (Å²) >= 11 is 0. The molecule has 4 nitrogen and oxygen atoms in total. The normalized spacial score (nSPS) is 26.8. The number of hydrogen-bond donors (Lipinski definition) is 2. The summed E-state index contributed by atoms with van der Waals surface area (Å²) in [6.07, 6.45) is -1.89. The second kappa shape index (κ2) is 6.16. The smallest absolute Gasteiger partial charge is 0.430 e. The highest BCUT2D eigenvalue weighted by molar-refractivity contribution is 6.15. The number of aliphatic carboxylic acids is 1. The summed E-state index contributed by atoms with van der Waals surface area (Å²) < 4.78 is 38.6. The number of alkyl halides is 3. The largest absolute Gasteiger partial charge is 0.480 e. The number of rotatable bonds is 4. The van der Waals surface area contributed by atoms with Crippen LogP contribution in [0.4, 0.5) is 13.2 Å². The van der Waals surface area contributed by atoms with Crippen LogP contribution < -0.4 is 0 Å². The Kier molecular flexibility index (Phi) is 5.08. The molecule has 1 atom stereocenters. The molecule has 1 rings (SSSR count). The monoisotopic (exact) mass is 278 g/mol. The quantitative estimate of drug-likeness (QED) is 0.776. The van der Waals surface area contributed by atoms with Crippen molar-refractivity contribution in [1.82, 2.24) is 0 Å². The topological polar surface area (TPSA) is 73.5 Å². The molecule has 0 amide bonds. The molecular formula is C12H17F3N2O2. The van der Waals surface area contributed by atoms with Gasteiger partial charge in [-0.1, -0.05) is 6.92 Å². The molecule has 108 valence electrons. The summed E-state index contributed by atoms with van der Waals surface area (Å²) in [4.78, 5) is 14.4. The van der Waals surface area contributed by atoms with Crippen LogP contribution in [0, 0.1) is 17.2 Å². The van der Waals surface area contributed by atoms with Crippen LogP contribution in [0.25, 0.3) is 0 Å². The minimum Gasteiger partial charge on any atom is -0.480 e. The Labute approximate surface area is 109 Å². The Morgan fingerprint density at radius 1 is 1.37 bits per heavy atom. The lowest BCUT2D eigenvalue weighted by atomic mass is 9.87. The van der Waals surface area contributed by atoms with Gasteiger partial charge >= 0.3 is 12.1 Å². The molecule has 0 aliphatic heterocycles. The highest BCUT2D eigenvalue weighted by atomic mass is 19.4. The SMILES string of the molecule is CC1CCC(N=C(C(C=N)C(=O)O)C(F)(F)F)CC1. The van der Waals surface area contributed by atoms with E-state index in [0.29, 0.717) is 18.8 Å². The lowest BCUT2D eigenvalue weighted by Crippen LogP contribution is -2.37. The number of carboxylic acid groups (broad SMARTS) is 1. The van der Waals surface area contributed by atoms with Crippen molar-refractivity contribution in [2.75, 3.05) is 0 Å². The van der Waals surface area contributed by atoms with Crippen LogP contribution in [0.2, 0.25) is 0 Å². The fraction of sp³-hybridized carbons (Fsp3) is 0.750. The maximum atomic E-state index is 12.9. The van der Waals surface area contributed by atoms with Crippen LogP contribution in [-0.4, -0.2) is 35.2 Å². The third-order valence-corrected chi connectivity index (χ3v) is 3.32. The molecule has 0 heterocycles. The summed E-state index contributed by atoms with van der Waals surface area (Å²) in [6, 6.07) is -0.491. The first-order valence-electron chi connectivity index (χ1n) is 6.14. The van der Waals surface area contributed by atoms with Gasteiger partial charge in [-0.2, -0.15) is 13.2 Å². The third-order valence-electron chi connectivity index (χ3n) is 3.32. The zero-order valence-corrected chi connectivity index (χ0v) is 10.6. The fourth-order valence-electron chi connectivity index (χ4n) is 2.17. The Morgan fingerprint density at radius 2 is 1.89 bits per heavy atom. The van der Waals surface area contributed by atoms with Crippen LogP contribution in [0.3, 0.4) is 0 Å². The molecule has 1 aliphatic carbocycles. The van der Waals surface area contributed by atoms with E-state index in [1.807, 2.05) is 6.92 Å². The van der Waals surface area contributed by atoms with Gasteiger partial charge in [0.05, 0.1) is 6.04 Å². The van der Waals surface area contributed by atoms with Gasteiger partial charge in [0.1, 0.15) is 11.6 Å². The number of nitrogens with zero attached hydrogens (tertiary/aromatic N) is 1. The van der Waals surface area contributed by atoms with Crippen LogP contribution in [0.1, 0.15) is 32.6 Å². The summed E-state index contributed by atoms with van der Waals surface area (Å²) in [5.74, 6) is -3.24. The fourth-order valence-corrected chi connectivity index (χ4v) is 2.17. The van der Waals surface area contributed by atoms with Gasteiger partial charge in [-0.15, -0.1) is 0 Å².